The minimum Gasteiger partial charge on any atom is -0.593 e. The topological polar surface area (TPSA) is 127 Å². The fraction of sp³-hybridized carbons (Fsp3) is 0.111. The molecule has 0 aliphatic heterocycles. The van der Waals surface area contributed by atoms with Crippen LogP contribution in [0.15, 0.2) is 42.6 Å². The Labute approximate surface area is 158 Å². The molecule has 2 N–H and O–H groups in total. The molecule has 0 aliphatic rings. The van der Waals surface area contributed by atoms with Crippen LogP contribution in [0, 0.1) is 18.3 Å². The van der Waals surface area contributed by atoms with E-state index in [-0.39, 0.29) is 11.4 Å². The second-order valence-electron chi connectivity index (χ2n) is 5.68. The molecule has 1 aromatic carbocycles. The summed E-state index contributed by atoms with van der Waals surface area (Å²) in [6.07, 6.45) is 2.67. The Balaban J connectivity index is 1.94. The third-order valence-corrected chi connectivity index (χ3v) is 4.28. The van der Waals surface area contributed by atoms with Gasteiger partial charge in [0.1, 0.15) is 6.26 Å². The van der Waals surface area contributed by atoms with Gasteiger partial charge in [0.2, 0.25) is 5.88 Å². The van der Waals surface area contributed by atoms with Gasteiger partial charge >= 0.3 is 0 Å². The molecular weight excluding hydrogens is 366 g/mol. The van der Waals surface area contributed by atoms with Gasteiger partial charge in [-0.1, -0.05) is 12.1 Å². The van der Waals surface area contributed by atoms with Crippen LogP contribution in [0.1, 0.15) is 21.6 Å². The molecule has 0 aliphatic carbocycles. The Morgan fingerprint density at radius 3 is 2.56 bits per heavy atom. The first-order valence-corrected chi connectivity index (χ1v) is 9.36. The van der Waals surface area contributed by atoms with Crippen molar-refractivity contribution in [2.24, 2.45) is 0 Å². The van der Waals surface area contributed by atoms with Crippen LogP contribution in [0.4, 0.5) is 0 Å². The van der Waals surface area contributed by atoms with Gasteiger partial charge in [0.15, 0.2) is 5.82 Å². The van der Waals surface area contributed by atoms with E-state index in [1.807, 2.05) is 6.07 Å². The number of nitrogens with zero attached hydrogens (tertiary/aromatic N) is 4. The van der Waals surface area contributed by atoms with Crippen LogP contribution in [-0.2, 0) is 11.4 Å². The molecule has 2 heterocycles. The van der Waals surface area contributed by atoms with Crippen molar-refractivity contribution in [1.82, 2.24) is 19.5 Å². The summed E-state index contributed by atoms with van der Waals surface area (Å²) in [5.74, 6) is -0.282. The maximum atomic E-state index is 11.8. The van der Waals surface area contributed by atoms with Crippen molar-refractivity contribution >= 4 is 17.3 Å². The van der Waals surface area contributed by atoms with E-state index in [4.69, 9.17) is 5.26 Å². The molecule has 0 radical (unpaired) electrons. The second kappa shape index (κ2) is 7.49. The van der Waals surface area contributed by atoms with E-state index in [9.17, 15) is 14.5 Å². The van der Waals surface area contributed by atoms with Crippen molar-refractivity contribution in [3.05, 3.63) is 59.4 Å². The number of amides is 1. The fourth-order valence-electron chi connectivity index (χ4n) is 2.56. The van der Waals surface area contributed by atoms with Crippen LogP contribution in [0.5, 0.6) is 5.88 Å². The first-order chi connectivity index (χ1) is 12.9. The molecule has 1 unspecified atom stereocenters. The monoisotopic (exact) mass is 381 g/mol. The highest BCUT2D eigenvalue weighted by atomic mass is 32.2. The van der Waals surface area contributed by atoms with Crippen molar-refractivity contribution < 1.29 is 14.5 Å². The highest BCUT2D eigenvalue weighted by Gasteiger charge is 2.19. The number of aryl methyl sites for hydroxylation is 1. The van der Waals surface area contributed by atoms with E-state index in [0.29, 0.717) is 22.6 Å². The lowest BCUT2D eigenvalue weighted by Crippen LogP contribution is -2.29. The molecule has 1 atom stereocenters. The number of hydrogen-bond donors (Lipinski definition) is 2. The van der Waals surface area contributed by atoms with Crippen molar-refractivity contribution in [1.29, 1.82) is 5.26 Å². The smallest absolute Gasteiger partial charge is 0.293 e. The zero-order valence-corrected chi connectivity index (χ0v) is 15.3. The molecule has 136 valence electrons. The number of carbonyl (C=O) groups excluding carboxylic acids is 1. The number of aromatic hydroxyl groups is 1. The third kappa shape index (κ3) is 3.76. The average molecular weight is 381 g/mol. The van der Waals surface area contributed by atoms with Gasteiger partial charge in [0, 0.05) is 6.20 Å². The van der Waals surface area contributed by atoms with Gasteiger partial charge in [-0.15, -0.1) is 0 Å². The molecule has 3 rings (SSSR count). The van der Waals surface area contributed by atoms with Gasteiger partial charge in [-0.05, 0) is 36.8 Å². The van der Waals surface area contributed by atoms with E-state index < -0.39 is 17.3 Å². The maximum absolute atomic E-state index is 11.8. The largest absolute Gasteiger partial charge is 0.593 e. The van der Waals surface area contributed by atoms with Gasteiger partial charge in [-0.2, -0.15) is 19.8 Å². The molecule has 0 spiro atoms. The van der Waals surface area contributed by atoms with Crippen LogP contribution in [0.3, 0.4) is 0 Å². The van der Waals surface area contributed by atoms with E-state index >= 15 is 0 Å². The SMILES string of the molecule is Cc1nn(-c2ccc(C(=O)N[S+](C)[O-])cn2)c(O)c1-c1ccc(C#N)cc1. The predicted molar refractivity (Wildman–Crippen MR) is 99.4 cm³/mol. The molecule has 3 aromatic rings. The van der Waals surface area contributed by atoms with Gasteiger partial charge in [-0.25, -0.2) is 4.98 Å². The molecule has 9 heteroatoms. The van der Waals surface area contributed by atoms with Gasteiger partial charge in [0.05, 0.1) is 39.8 Å². The van der Waals surface area contributed by atoms with E-state index in [1.54, 1.807) is 31.2 Å². The number of rotatable bonds is 4. The number of benzene rings is 1. The highest BCUT2D eigenvalue weighted by molar-refractivity contribution is 7.89. The second-order valence-corrected chi connectivity index (χ2v) is 6.79. The van der Waals surface area contributed by atoms with Gasteiger partial charge in [-0.3, -0.25) is 4.79 Å². The average Bonchev–Trinajstić information content (AvgIpc) is 2.95. The Morgan fingerprint density at radius 2 is 2.00 bits per heavy atom. The Kier molecular flexibility index (Phi) is 5.12. The van der Waals surface area contributed by atoms with Crippen molar-refractivity contribution in [3.63, 3.8) is 0 Å². The van der Waals surface area contributed by atoms with Gasteiger partial charge in [0.25, 0.3) is 5.91 Å². The van der Waals surface area contributed by atoms with E-state index in [1.165, 1.54) is 29.3 Å². The summed E-state index contributed by atoms with van der Waals surface area (Å²) in [5.41, 5.74) is 2.60. The summed E-state index contributed by atoms with van der Waals surface area (Å²) in [5, 5.41) is 23.8. The lowest BCUT2D eigenvalue weighted by molar-refractivity contribution is 0.0981. The molecule has 2 aromatic heterocycles. The standard InChI is InChI=1S/C18H15N5O3S/c1-11-16(13-5-3-12(9-19)4-6-13)18(25)23(21-11)15-8-7-14(10-20-15)17(24)22-27(2)26/h3-8,10,25H,1-2H3,(H,22,24). The van der Waals surface area contributed by atoms with Crippen LogP contribution in [0.25, 0.3) is 16.9 Å². The number of aromatic nitrogens is 3. The molecular formula is C18H15N5O3S. The molecule has 0 saturated heterocycles. The molecule has 0 fully saturated rings. The minimum atomic E-state index is -1.47. The number of pyridine rings is 1. The maximum Gasteiger partial charge on any atom is 0.293 e. The zero-order valence-electron chi connectivity index (χ0n) is 14.5. The molecule has 0 bridgehead atoms. The zero-order chi connectivity index (χ0) is 19.6. The summed E-state index contributed by atoms with van der Waals surface area (Å²) < 4.78 is 14.6. The van der Waals surface area contributed by atoms with Crippen molar-refractivity contribution in [2.45, 2.75) is 6.92 Å². The van der Waals surface area contributed by atoms with E-state index in [2.05, 4.69) is 14.8 Å². The molecule has 0 saturated carbocycles. The summed E-state index contributed by atoms with van der Waals surface area (Å²) in [6.45, 7) is 1.75. The minimum absolute atomic E-state index is 0.100. The summed E-state index contributed by atoms with van der Waals surface area (Å²) >= 11 is -1.47. The van der Waals surface area contributed by atoms with Crippen molar-refractivity contribution in [3.8, 4) is 28.9 Å². The number of carbonyl (C=O) groups is 1. The van der Waals surface area contributed by atoms with Crippen LogP contribution < -0.4 is 4.72 Å². The van der Waals surface area contributed by atoms with Crippen LogP contribution in [-0.4, -0.2) is 36.6 Å². The number of nitrogens with one attached hydrogen (secondary N) is 1. The fourth-order valence-corrected chi connectivity index (χ4v) is 2.94. The first kappa shape index (κ1) is 18.4. The molecule has 27 heavy (non-hydrogen) atoms. The lowest BCUT2D eigenvalue weighted by atomic mass is 10.0. The molecule has 1 amide bonds. The quantitative estimate of drug-likeness (QED) is 0.664. The Hall–Kier alpha value is -3.35. The normalized spacial score (nSPS) is 11.6. The summed E-state index contributed by atoms with van der Waals surface area (Å²) in [6, 6.07) is 11.9. The van der Waals surface area contributed by atoms with Crippen molar-refractivity contribution in [2.75, 3.05) is 6.26 Å². The van der Waals surface area contributed by atoms with E-state index in [0.717, 1.165) is 5.56 Å². The summed E-state index contributed by atoms with van der Waals surface area (Å²) in [4.78, 5) is 16.0. The third-order valence-electron chi connectivity index (χ3n) is 3.80. The summed E-state index contributed by atoms with van der Waals surface area (Å²) in [7, 11) is 0. The van der Waals surface area contributed by atoms with Gasteiger partial charge < -0.3 is 9.66 Å². The Bertz CT molecular complexity index is 1020. The Morgan fingerprint density at radius 1 is 1.30 bits per heavy atom. The lowest BCUT2D eigenvalue weighted by Gasteiger charge is -2.07. The highest BCUT2D eigenvalue weighted by Crippen LogP contribution is 2.33. The predicted octanol–water partition coefficient (Wildman–Crippen LogP) is 1.84. The molecule has 8 nitrogen and oxygen atoms in total. The number of nitriles is 1. The number of hydrogen-bond acceptors (Lipinski definition) is 6. The van der Waals surface area contributed by atoms with Crippen LogP contribution >= 0.6 is 0 Å². The first-order valence-electron chi connectivity index (χ1n) is 7.80. The van der Waals surface area contributed by atoms with Crippen LogP contribution in [0.2, 0.25) is 0 Å².